The van der Waals surface area contributed by atoms with Crippen molar-refractivity contribution in [1.82, 2.24) is 0 Å². The lowest BCUT2D eigenvalue weighted by molar-refractivity contribution is 0.144. The van der Waals surface area contributed by atoms with Gasteiger partial charge in [0, 0.05) is 18.3 Å². The van der Waals surface area contributed by atoms with Crippen LogP contribution in [0, 0.1) is 52.9 Å². The molecule has 7 nitrogen and oxygen atoms in total. The van der Waals surface area contributed by atoms with Gasteiger partial charge in [-0.05, 0) is 403 Å². The maximum atomic E-state index is 11.9. The Morgan fingerprint density at radius 2 is 0.770 bits per heavy atom. The maximum Gasteiger partial charge on any atom is 0.142 e. The number of phenols is 6. The molecule has 0 spiro atoms. The number of aromatic hydroxyl groups is 6. The zero-order chi connectivity index (χ0) is 53.5. The molecule has 0 radical (unpaired) electrons. The number of aryl methyl sites for hydroxylation is 5. The fourth-order valence-electron chi connectivity index (χ4n) is 10.3. The Morgan fingerprint density at radius 1 is 0.405 bits per heavy atom. The van der Waals surface area contributed by atoms with E-state index in [2.05, 4.69) is 271 Å². The molecule has 1 aliphatic carbocycles. The van der Waals surface area contributed by atoms with Crippen LogP contribution in [0.1, 0.15) is 111 Å². The van der Waals surface area contributed by atoms with E-state index in [1.165, 1.54) is 11.1 Å². The number of rotatable bonds is 15. The Labute approximate surface area is 556 Å². The van der Waals surface area contributed by atoms with Gasteiger partial charge in [-0.15, -0.1) is 0 Å². The first-order chi connectivity index (χ1) is 35.0. The predicted molar refractivity (Wildman–Crippen MR) is 372 cm³/mol. The van der Waals surface area contributed by atoms with E-state index in [0.29, 0.717) is 30.1 Å². The van der Waals surface area contributed by atoms with Crippen LogP contribution in [0.25, 0.3) is 0 Å². The fraction of sp³-hybridized carbons (Fsp3) is 0.276. The van der Waals surface area contributed by atoms with Crippen LogP contribution in [0.4, 0.5) is 0 Å². The summed E-state index contributed by atoms with van der Waals surface area (Å²) in [5, 5.41) is 65.5. The molecule has 0 unspecified atom stereocenters. The molecule has 7 aromatic carbocycles. The molecule has 74 heavy (non-hydrogen) atoms. The Bertz CT molecular complexity index is 3020. The van der Waals surface area contributed by atoms with E-state index in [4.69, 9.17) is 4.74 Å². The third-order valence-corrected chi connectivity index (χ3v) is 21.7. The first-order valence-corrected chi connectivity index (χ1v) is 33.5. The molecule has 0 heterocycles. The second-order valence-electron chi connectivity index (χ2n) is 19.4. The van der Waals surface area contributed by atoms with Crippen LogP contribution >= 0.6 is 203 Å². The highest BCUT2D eigenvalue weighted by Gasteiger charge is 2.37. The van der Waals surface area contributed by atoms with E-state index in [-0.39, 0.29) is 29.3 Å². The van der Waals surface area contributed by atoms with Crippen molar-refractivity contribution in [2.75, 3.05) is 0 Å². The van der Waals surface area contributed by atoms with Gasteiger partial charge in [0.1, 0.15) is 40.2 Å². The second-order valence-corrected chi connectivity index (χ2v) is 29.9. The molecule has 1 saturated carbocycles. The van der Waals surface area contributed by atoms with Crippen LogP contribution in [0.3, 0.4) is 0 Å². The number of benzene rings is 7. The van der Waals surface area contributed by atoms with Gasteiger partial charge in [0.25, 0.3) is 0 Å². The highest BCUT2D eigenvalue weighted by Crippen LogP contribution is 2.48. The SMILES string of the molecule is Cc1cc(Cc2cc(C3CCC(Oc4c(C)cc(C(CCc5cc(I)c(O)c(I)c5)(CCc5cc(I)c(O)c(I)c5)c5cc(C)c(O)c(I)c5)cc4I)CC3)cc(Cc3cc(I)c(O)c(I)c3)c2O)cc(I)c1O. The van der Waals surface area contributed by atoms with E-state index < -0.39 is 5.41 Å². The molecule has 0 atom stereocenters. The van der Waals surface area contributed by atoms with Crippen LogP contribution < -0.4 is 4.74 Å². The van der Waals surface area contributed by atoms with Crippen molar-refractivity contribution < 1.29 is 35.4 Å². The lowest BCUT2D eigenvalue weighted by atomic mass is 9.67. The van der Waals surface area contributed by atoms with Gasteiger partial charge in [-0.25, -0.2) is 0 Å². The van der Waals surface area contributed by atoms with Gasteiger partial charge in [0.2, 0.25) is 0 Å². The number of phenolic OH excluding ortho intramolecular Hbond substituents is 6. The van der Waals surface area contributed by atoms with Crippen LogP contribution in [-0.2, 0) is 31.1 Å². The molecule has 0 amide bonds. The van der Waals surface area contributed by atoms with Gasteiger partial charge in [-0.2, -0.15) is 0 Å². The number of halogens is 9. The molecule has 8 rings (SSSR count). The zero-order valence-electron chi connectivity index (χ0n) is 40.3. The lowest BCUT2D eigenvalue weighted by Crippen LogP contribution is -2.31. The van der Waals surface area contributed by atoms with E-state index in [1.807, 2.05) is 38.1 Å². The van der Waals surface area contributed by atoms with Crippen molar-refractivity contribution in [2.45, 2.75) is 102 Å². The van der Waals surface area contributed by atoms with Crippen LogP contribution in [0.15, 0.2) is 84.9 Å². The molecule has 16 heteroatoms. The van der Waals surface area contributed by atoms with E-state index >= 15 is 0 Å². The zero-order valence-corrected chi connectivity index (χ0v) is 59.7. The second kappa shape index (κ2) is 25.7. The normalized spacial score (nSPS) is 14.9. The van der Waals surface area contributed by atoms with Gasteiger partial charge >= 0.3 is 0 Å². The number of hydrogen-bond donors (Lipinski definition) is 6. The van der Waals surface area contributed by atoms with Crippen molar-refractivity contribution in [2.24, 2.45) is 0 Å². The van der Waals surface area contributed by atoms with Gasteiger partial charge in [-0.3, -0.25) is 0 Å². The monoisotopic (exact) mass is 2000 g/mol. The molecule has 1 aliphatic rings. The lowest BCUT2D eigenvalue weighted by Gasteiger charge is -2.37. The van der Waals surface area contributed by atoms with Gasteiger partial charge in [0.15, 0.2) is 0 Å². The standard InChI is InChI=1S/C58H51I9O7/c1-28-12-33(21-42(59)51(28)68)15-37-24-36(25-38(53(37)70)16-34-22-47(64)56(73)48(65)23-34)35-4-6-41(7-5-35)74-57-30(3)14-40(27-50(57)67)58(39-13-29(2)52(69)49(66)26-39,10-8-31-17-43(60)54(71)44(61)18-31)11-9-32-19-45(62)55(72)46(63)20-32/h12-14,17-27,35,41,68-73H,4-11,15-16H2,1-3H3. The highest BCUT2D eigenvalue weighted by atomic mass is 127. The fourth-order valence-corrected chi connectivity index (χ4v) is 18.5. The Kier molecular flexibility index (Phi) is 20.7. The summed E-state index contributed by atoms with van der Waals surface area (Å²) < 4.78 is 14.5. The smallest absolute Gasteiger partial charge is 0.142 e. The third kappa shape index (κ3) is 13.7. The Balaban J connectivity index is 1.11. The molecule has 7 aromatic rings. The van der Waals surface area contributed by atoms with Crippen LogP contribution in [0.5, 0.6) is 40.2 Å². The molecule has 6 N–H and O–H groups in total. The van der Waals surface area contributed by atoms with E-state index in [1.54, 1.807) is 0 Å². The summed E-state index contributed by atoms with van der Waals surface area (Å²) in [6.07, 6.45) is 7.71. The summed E-state index contributed by atoms with van der Waals surface area (Å²) in [6, 6.07) is 29.6. The van der Waals surface area contributed by atoms with Crippen molar-refractivity contribution in [3.63, 3.8) is 0 Å². The van der Waals surface area contributed by atoms with Gasteiger partial charge in [0.05, 0.1) is 38.2 Å². The molecule has 1 fully saturated rings. The third-order valence-electron chi connectivity index (χ3n) is 14.3. The van der Waals surface area contributed by atoms with Crippen LogP contribution in [-0.4, -0.2) is 36.7 Å². The minimum Gasteiger partial charge on any atom is -0.507 e. The summed E-state index contributed by atoms with van der Waals surface area (Å²) in [5.74, 6) is 2.92. The van der Waals surface area contributed by atoms with E-state index in [9.17, 15) is 30.6 Å². The molecule has 0 aromatic heterocycles. The van der Waals surface area contributed by atoms with Gasteiger partial charge < -0.3 is 35.4 Å². The molecule has 0 aliphatic heterocycles. The Hall–Kier alpha value is -0.290. The first kappa shape index (κ1) is 59.8. The average molecular weight is 2000 g/mol. The Morgan fingerprint density at radius 3 is 1.19 bits per heavy atom. The quantitative estimate of drug-likeness (QED) is 0.0564. The summed E-state index contributed by atoms with van der Waals surface area (Å²) in [6.45, 7) is 6.04. The molecule has 0 bridgehead atoms. The van der Waals surface area contributed by atoms with Crippen molar-refractivity contribution in [3.8, 4) is 40.2 Å². The molecule has 0 saturated heterocycles. The average Bonchev–Trinajstić information content (AvgIpc) is 3.34. The summed E-state index contributed by atoms with van der Waals surface area (Å²) in [4.78, 5) is 0. The maximum absolute atomic E-state index is 11.9. The minimum absolute atomic E-state index is 0.0218. The summed E-state index contributed by atoms with van der Waals surface area (Å²) in [7, 11) is 0. The molecular weight excluding hydrogens is 1950 g/mol. The van der Waals surface area contributed by atoms with Crippen molar-refractivity contribution in [1.29, 1.82) is 0 Å². The van der Waals surface area contributed by atoms with Crippen molar-refractivity contribution >= 4 is 203 Å². The van der Waals surface area contributed by atoms with Crippen molar-refractivity contribution in [3.05, 3.63) is 184 Å². The summed E-state index contributed by atoms with van der Waals surface area (Å²) in [5.41, 5.74) is 11.8. The largest absolute Gasteiger partial charge is 0.507 e. The first-order valence-electron chi connectivity index (χ1n) is 23.8. The topological polar surface area (TPSA) is 131 Å². The van der Waals surface area contributed by atoms with Gasteiger partial charge in [-0.1, -0.05) is 30.3 Å². The predicted octanol–water partition coefficient (Wildman–Crippen LogP) is 18.1. The molecule has 388 valence electrons. The number of ether oxygens (including phenoxy) is 1. The minimum atomic E-state index is -0.510. The van der Waals surface area contributed by atoms with Crippen LogP contribution in [0.2, 0.25) is 0 Å². The highest BCUT2D eigenvalue weighted by molar-refractivity contribution is 14.1. The summed E-state index contributed by atoms with van der Waals surface area (Å²) >= 11 is 20.1. The molecular formula is C58H51I9O7. The van der Waals surface area contributed by atoms with E-state index in [0.717, 1.165) is 145 Å². The number of hydrogen-bond acceptors (Lipinski definition) is 7.